The predicted molar refractivity (Wildman–Crippen MR) is 83.2 cm³/mol. The second kappa shape index (κ2) is 4.87. The molecule has 2 aromatic heterocycles. The van der Waals surface area contributed by atoms with Gasteiger partial charge in [-0.3, -0.25) is 4.79 Å². The Morgan fingerprint density at radius 1 is 1.27 bits per heavy atom. The van der Waals surface area contributed by atoms with Crippen molar-refractivity contribution in [3.8, 4) is 16.9 Å². The molecule has 0 saturated carbocycles. The van der Waals surface area contributed by atoms with Crippen LogP contribution in [-0.4, -0.2) is 28.4 Å². The first-order chi connectivity index (χ1) is 10.7. The van der Waals surface area contributed by atoms with Gasteiger partial charge in [0, 0.05) is 24.2 Å². The van der Waals surface area contributed by atoms with Gasteiger partial charge in [-0.2, -0.15) is 0 Å². The first-order valence-electron chi connectivity index (χ1n) is 7.21. The van der Waals surface area contributed by atoms with Crippen LogP contribution in [0.1, 0.15) is 15.9 Å². The summed E-state index contributed by atoms with van der Waals surface area (Å²) in [5, 5.41) is 2.84. The molecule has 0 unspecified atom stereocenters. The molecule has 22 heavy (non-hydrogen) atoms. The lowest BCUT2D eigenvalue weighted by Crippen LogP contribution is -2.24. The minimum atomic E-state index is -0.0960. The molecule has 5 nitrogen and oxygen atoms in total. The molecule has 1 aliphatic rings. The van der Waals surface area contributed by atoms with Crippen LogP contribution >= 0.6 is 0 Å². The summed E-state index contributed by atoms with van der Waals surface area (Å²) in [5.41, 5.74) is 4.54. The van der Waals surface area contributed by atoms with E-state index in [2.05, 4.69) is 16.4 Å². The highest BCUT2D eigenvalue weighted by atomic mass is 16.5. The largest absolute Gasteiger partial charge is 0.491 e. The van der Waals surface area contributed by atoms with Gasteiger partial charge in [0.25, 0.3) is 5.91 Å². The molecule has 1 N–H and O–H groups in total. The van der Waals surface area contributed by atoms with Crippen LogP contribution in [0, 0.1) is 6.92 Å². The van der Waals surface area contributed by atoms with Crippen molar-refractivity contribution in [2.75, 3.05) is 13.2 Å². The van der Waals surface area contributed by atoms with E-state index in [-0.39, 0.29) is 5.91 Å². The van der Waals surface area contributed by atoms with E-state index in [0.29, 0.717) is 24.5 Å². The molecular weight excluding hydrogens is 278 g/mol. The van der Waals surface area contributed by atoms with Crippen LogP contribution in [0.3, 0.4) is 0 Å². The number of pyridine rings is 1. The lowest BCUT2D eigenvalue weighted by molar-refractivity contribution is 0.0957. The fraction of sp³-hybridized carbons (Fsp3) is 0.176. The monoisotopic (exact) mass is 293 g/mol. The van der Waals surface area contributed by atoms with E-state index < -0.39 is 0 Å². The standard InChI is InChI=1S/C17H15N3O2/c1-11-8-13(16-18-4-6-20(16)10-11)12-2-3-15-14(9-12)17(21)19-5-7-22-15/h2-4,6,8-10H,5,7H2,1H3,(H,19,21). The third-order valence-corrected chi connectivity index (χ3v) is 3.80. The number of carbonyl (C=O) groups is 1. The molecule has 110 valence electrons. The smallest absolute Gasteiger partial charge is 0.255 e. The van der Waals surface area contributed by atoms with Gasteiger partial charge in [-0.15, -0.1) is 0 Å². The van der Waals surface area contributed by atoms with Crippen LogP contribution in [0.15, 0.2) is 42.9 Å². The fourth-order valence-corrected chi connectivity index (χ4v) is 2.81. The summed E-state index contributed by atoms with van der Waals surface area (Å²) in [6.07, 6.45) is 5.73. The topological polar surface area (TPSA) is 55.6 Å². The van der Waals surface area contributed by atoms with Crippen molar-refractivity contribution >= 4 is 11.6 Å². The minimum Gasteiger partial charge on any atom is -0.491 e. The molecule has 0 bridgehead atoms. The van der Waals surface area contributed by atoms with Gasteiger partial charge in [0.1, 0.15) is 18.0 Å². The number of amides is 1. The van der Waals surface area contributed by atoms with Crippen LogP contribution in [0.25, 0.3) is 16.8 Å². The molecule has 1 amide bonds. The molecule has 0 radical (unpaired) electrons. The number of carbonyl (C=O) groups excluding carboxylic acids is 1. The quantitative estimate of drug-likeness (QED) is 0.749. The SMILES string of the molecule is Cc1cc(-c2ccc3c(c2)C(=O)NCCO3)c2nccn2c1. The molecule has 1 aromatic carbocycles. The summed E-state index contributed by atoms with van der Waals surface area (Å²) in [7, 11) is 0. The summed E-state index contributed by atoms with van der Waals surface area (Å²) in [5.74, 6) is 0.534. The Labute approximate surface area is 127 Å². The van der Waals surface area contributed by atoms with Crippen molar-refractivity contribution in [2.45, 2.75) is 6.92 Å². The third kappa shape index (κ3) is 2.02. The van der Waals surface area contributed by atoms with Gasteiger partial charge >= 0.3 is 0 Å². The van der Waals surface area contributed by atoms with Crippen molar-refractivity contribution in [3.63, 3.8) is 0 Å². The van der Waals surface area contributed by atoms with E-state index in [1.807, 2.05) is 41.9 Å². The van der Waals surface area contributed by atoms with Crippen molar-refractivity contribution in [1.29, 1.82) is 0 Å². The van der Waals surface area contributed by atoms with Crippen LogP contribution in [0.4, 0.5) is 0 Å². The maximum absolute atomic E-state index is 12.2. The molecule has 0 aliphatic carbocycles. The Morgan fingerprint density at radius 2 is 2.18 bits per heavy atom. The summed E-state index contributed by atoms with van der Waals surface area (Å²) in [4.78, 5) is 16.6. The number of hydrogen-bond donors (Lipinski definition) is 1. The lowest BCUT2D eigenvalue weighted by Gasteiger charge is -2.10. The van der Waals surface area contributed by atoms with E-state index in [0.717, 1.165) is 22.3 Å². The number of aryl methyl sites for hydroxylation is 1. The van der Waals surface area contributed by atoms with E-state index in [1.54, 1.807) is 6.20 Å². The van der Waals surface area contributed by atoms with E-state index in [4.69, 9.17) is 4.74 Å². The highest BCUT2D eigenvalue weighted by Gasteiger charge is 2.18. The first kappa shape index (κ1) is 12.9. The Hall–Kier alpha value is -2.82. The predicted octanol–water partition coefficient (Wildman–Crippen LogP) is 2.43. The third-order valence-electron chi connectivity index (χ3n) is 3.80. The van der Waals surface area contributed by atoms with E-state index in [9.17, 15) is 4.79 Å². The number of nitrogens with zero attached hydrogens (tertiary/aromatic N) is 2. The molecule has 0 fully saturated rings. The van der Waals surface area contributed by atoms with Crippen molar-refractivity contribution in [2.24, 2.45) is 0 Å². The Morgan fingerprint density at radius 3 is 3.09 bits per heavy atom. The average Bonchev–Trinajstić information content (AvgIpc) is 2.90. The number of rotatable bonds is 1. The maximum atomic E-state index is 12.2. The second-order valence-corrected chi connectivity index (χ2v) is 5.40. The number of benzene rings is 1. The fourth-order valence-electron chi connectivity index (χ4n) is 2.81. The van der Waals surface area contributed by atoms with Crippen LogP contribution in [0.5, 0.6) is 5.75 Å². The molecule has 0 saturated heterocycles. The molecule has 5 heteroatoms. The maximum Gasteiger partial charge on any atom is 0.255 e. The van der Waals surface area contributed by atoms with Crippen LogP contribution in [-0.2, 0) is 0 Å². The van der Waals surface area contributed by atoms with Gasteiger partial charge in [-0.05, 0) is 36.2 Å². The van der Waals surface area contributed by atoms with Crippen LogP contribution < -0.4 is 10.1 Å². The van der Waals surface area contributed by atoms with Gasteiger partial charge in [0.15, 0.2) is 0 Å². The number of hydrogen-bond acceptors (Lipinski definition) is 3. The highest BCUT2D eigenvalue weighted by molar-refractivity contribution is 5.99. The molecule has 4 rings (SSSR count). The van der Waals surface area contributed by atoms with Crippen LogP contribution in [0.2, 0.25) is 0 Å². The molecular formula is C17H15N3O2. The number of ether oxygens (including phenoxy) is 1. The average molecular weight is 293 g/mol. The summed E-state index contributed by atoms with van der Waals surface area (Å²) < 4.78 is 7.59. The molecule has 0 atom stereocenters. The zero-order valence-electron chi connectivity index (χ0n) is 12.2. The van der Waals surface area contributed by atoms with Crippen molar-refractivity contribution in [1.82, 2.24) is 14.7 Å². The molecule has 3 aromatic rings. The van der Waals surface area contributed by atoms with Gasteiger partial charge in [0.2, 0.25) is 0 Å². The summed E-state index contributed by atoms with van der Waals surface area (Å²) >= 11 is 0. The van der Waals surface area contributed by atoms with Crippen molar-refractivity contribution < 1.29 is 9.53 Å². The van der Waals surface area contributed by atoms with Crippen molar-refractivity contribution in [3.05, 3.63) is 54.0 Å². The van der Waals surface area contributed by atoms with Gasteiger partial charge in [-0.25, -0.2) is 4.98 Å². The summed E-state index contributed by atoms with van der Waals surface area (Å²) in [6, 6.07) is 7.79. The Kier molecular flexibility index (Phi) is 2.85. The number of nitrogens with one attached hydrogen (secondary N) is 1. The highest BCUT2D eigenvalue weighted by Crippen LogP contribution is 2.30. The van der Waals surface area contributed by atoms with E-state index in [1.165, 1.54) is 0 Å². The normalized spacial score (nSPS) is 14.1. The zero-order chi connectivity index (χ0) is 15.1. The van der Waals surface area contributed by atoms with E-state index >= 15 is 0 Å². The summed E-state index contributed by atoms with van der Waals surface area (Å²) in [6.45, 7) is 3.06. The number of fused-ring (bicyclic) bond motifs is 2. The van der Waals surface area contributed by atoms with Gasteiger partial charge in [0.05, 0.1) is 12.1 Å². The minimum absolute atomic E-state index is 0.0960. The number of imidazole rings is 1. The van der Waals surface area contributed by atoms with Gasteiger partial charge < -0.3 is 14.5 Å². The second-order valence-electron chi connectivity index (χ2n) is 5.40. The Bertz CT molecular complexity index is 883. The Balaban J connectivity index is 1.92. The lowest BCUT2D eigenvalue weighted by atomic mass is 10.0. The molecule has 3 heterocycles. The molecule has 0 spiro atoms. The first-order valence-corrected chi connectivity index (χ1v) is 7.21. The zero-order valence-corrected chi connectivity index (χ0v) is 12.2. The number of aromatic nitrogens is 2. The van der Waals surface area contributed by atoms with Gasteiger partial charge in [-0.1, -0.05) is 6.07 Å². The molecule has 1 aliphatic heterocycles.